The van der Waals surface area contributed by atoms with E-state index in [1.807, 2.05) is 0 Å². The van der Waals surface area contributed by atoms with Gasteiger partial charge in [-0.2, -0.15) is 0 Å². The molecule has 0 amide bonds. The number of rotatable bonds is 7. The first-order chi connectivity index (χ1) is 6.63. The fourth-order valence-electron chi connectivity index (χ4n) is 1.15. The van der Waals surface area contributed by atoms with E-state index in [0.29, 0.717) is 6.61 Å². The minimum Gasteiger partial charge on any atom is -0.466 e. The molecule has 2 heteroatoms. The average molecular weight is 198 g/mol. The fraction of sp³-hybridized carbons (Fsp3) is 0.750. The summed E-state index contributed by atoms with van der Waals surface area (Å²) in [7, 11) is 0. The molecule has 0 aliphatic heterocycles. The van der Waals surface area contributed by atoms with Gasteiger partial charge in [0.15, 0.2) is 0 Å². The Labute approximate surface area is 87.3 Å². The fourth-order valence-corrected chi connectivity index (χ4v) is 1.15. The van der Waals surface area contributed by atoms with Crippen molar-refractivity contribution in [2.45, 2.75) is 46.5 Å². The second-order valence-electron chi connectivity index (χ2n) is 3.92. The summed E-state index contributed by atoms with van der Waals surface area (Å²) in [4.78, 5) is 10.4. The van der Waals surface area contributed by atoms with Crippen molar-refractivity contribution in [2.24, 2.45) is 5.92 Å². The monoisotopic (exact) mass is 198 g/mol. The van der Waals surface area contributed by atoms with Crippen LogP contribution in [-0.2, 0) is 9.53 Å². The second-order valence-corrected chi connectivity index (χ2v) is 3.92. The Hall–Kier alpha value is -0.790. The molecule has 0 aliphatic carbocycles. The zero-order valence-corrected chi connectivity index (χ0v) is 9.58. The summed E-state index contributed by atoms with van der Waals surface area (Å²) in [6.45, 7) is 6.43. The highest BCUT2D eigenvalue weighted by Crippen LogP contribution is 2.06. The third-order valence-corrected chi connectivity index (χ3v) is 1.91. The van der Waals surface area contributed by atoms with Crippen LogP contribution in [0.1, 0.15) is 46.5 Å². The van der Waals surface area contributed by atoms with E-state index in [1.54, 1.807) is 0 Å². The third kappa shape index (κ3) is 11.2. The molecule has 0 rings (SSSR count). The summed E-state index contributed by atoms with van der Waals surface area (Å²) < 4.78 is 4.80. The summed E-state index contributed by atoms with van der Waals surface area (Å²) in [5.74, 6) is 0.600. The molecular weight excluding hydrogens is 176 g/mol. The standard InChI is InChI=1S/C12H22O2/c1-11(2)9-7-5-4-6-8-10-14-12(3)13/h4,6,11H,5,7-10H2,1-3H3/b6-4-. The smallest absolute Gasteiger partial charge is 0.302 e. The third-order valence-electron chi connectivity index (χ3n) is 1.91. The summed E-state index contributed by atoms with van der Waals surface area (Å²) in [6.07, 6.45) is 8.77. The summed E-state index contributed by atoms with van der Waals surface area (Å²) in [6, 6.07) is 0. The molecule has 0 unspecified atom stereocenters. The molecule has 0 aromatic heterocycles. The highest BCUT2D eigenvalue weighted by Gasteiger charge is 1.91. The van der Waals surface area contributed by atoms with Gasteiger partial charge in [-0.3, -0.25) is 4.79 Å². The van der Waals surface area contributed by atoms with Gasteiger partial charge in [-0.05, 0) is 25.2 Å². The largest absolute Gasteiger partial charge is 0.466 e. The first-order valence-corrected chi connectivity index (χ1v) is 5.41. The van der Waals surface area contributed by atoms with Gasteiger partial charge >= 0.3 is 5.97 Å². The highest BCUT2D eigenvalue weighted by molar-refractivity contribution is 5.65. The molecule has 0 fully saturated rings. The number of hydrogen-bond acceptors (Lipinski definition) is 2. The van der Waals surface area contributed by atoms with Crippen molar-refractivity contribution in [3.63, 3.8) is 0 Å². The molecule has 2 nitrogen and oxygen atoms in total. The van der Waals surface area contributed by atoms with E-state index < -0.39 is 0 Å². The molecule has 0 aliphatic rings. The maximum Gasteiger partial charge on any atom is 0.302 e. The van der Waals surface area contributed by atoms with Crippen LogP contribution in [0, 0.1) is 5.92 Å². The van der Waals surface area contributed by atoms with Crippen molar-refractivity contribution in [1.82, 2.24) is 0 Å². The zero-order valence-electron chi connectivity index (χ0n) is 9.58. The van der Waals surface area contributed by atoms with Crippen LogP contribution in [0.15, 0.2) is 12.2 Å². The van der Waals surface area contributed by atoms with Crippen LogP contribution in [0.3, 0.4) is 0 Å². The quantitative estimate of drug-likeness (QED) is 0.356. The van der Waals surface area contributed by atoms with Gasteiger partial charge in [0.25, 0.3) is 0 Å². The number of esters is 1. The van der Waals surface area contributed by atoms with E-state index in [0.717, 1.165) is 18.8 Å². The van der Waals surface area contributed by atoms with Crippen molar-refractivity contribution >= 4 is 5.97 Å². The Kier molecular flexibility index (Phi) is 8.30. The van der Waals surface area contributed by atoms with Crippen LogP contribution in [0.5, 0.6) is 0 Å². The number of carbonyl (C=O) groups is 1. The van der Waals surface area contributed by atoms with Crippen molar-refractivity contribution in [1.29, 1.82) is 0 Å². The van der Waals surface area contributed by atoms with Crippen molar-refractivity contribution in [2.75, 3.05) is 6.61 Å². The van der Waals surface area contributed by atoms with Gasteiger partial charge in [-0.1, -0.05) is 32.4 Å². The van der Waals surface area contributed by atoms with Gasteiger partial charge in [-0.25, -0.2) is 0 Å². The van der Waals surface area contributed by atoms with Crippen molar-refractivity contribution < 1.29 is 9.53 Å². The minimum absolute atomic E-state index is 0.196. The van der Waals surface area contributed by atoms with Gasteiger partial charge in [0.2, 0.25) is 0 Å². The lowest BCUT2D eigenvalue weighted by Crippen LogP contribution is -1.98. The molecule has 0 spiro atoms. The van der Waals surface area contributed by atoms with Crippen molar-refractivity contribution in [3.8, 4) is 0 Å². The molecule has 82 valence electrons. The van der Waals surface area contributed by atoms with Crippen LogP contribution in [0.2, 0.25) is 0 Å². The van der Waals surface area contributed by atoms with Gasteiger partial charge in [-0.15, -0.1) is 0 Å². The number of ether oxygens (including phenoxy) is 1. The summed E-state index contributed by atoms with van der Waals surface area (Å²) in [5, 5.41) is 0. The molecule has 0 saturated heterocycles. The van der Waals surface area contributed by atoms with Crippen LogP contribution in [0.25, 0.3) is 0 Å². The second kappa shape index (κ2) is 8.79. The predicted octanol–water partition coefficient (Wildman–Crippen LogP) is 3.32. The van der Waals surface area contributed by atoms with Crippen LogP contribution >= 0.6 is 0 Å². The molecule has 14 heavy (non-hydrogen) atoms. The number of unbranched alkanes of at least 4 members (excludes halogenated alkanes) is 1. The lowest BCUT2D eigenvalue weighted by atomic mass is 10.1. The van der Waals surface area contributed by atoms with E-state index in [2.05, 4.69) is 26.0 Å². The van der Waals surface area contributed by atoms with E-state index in [1.165, 1.54) is 19.8 Å². The molecule has 0 radical (unpaired) electrons. The SMILES string of the molecule is CC(=O)OCC/C=C\CCCC(C)C. The Balaban J connectivity index is 3.15. The minimum atomic E-state index is -0.196. The lowest BCUT2D eigenvalue weighted by Gasteiger charge is -2.00. The molecule has 0 aromatic carbocycles. The zero-order chi connectivity index (χ0) is 10.8. The van der Waals surface area contributed by atoms with Gasteiger partial charge in [0, 0.05) is 6.92 Å². The molecule has 0 bridgehead atoms. The predicted molar refractivity (Wildman–Crippen MR) is 59.1 cm³/mol. The Morgan fingerprint density at radius 1 is 1.29 bits per heavy atom. The van der Waals surface area contributed by atoms with E-state index in [9.17, 15) is 4.79 Å². The van der Waals surface area contributed by atoms with Crippen LogP contribution < -0.4 is 0 Å². The van der Waals surface area contributed by atoms with E-state index in [4.69, 9.17) is 4.74 Å². The Morgan fingerprint density at radius 2 is 1.93 bits per heavy atom. The molecule has 0 atom stereocenters. The Bertz CT molecular complexity index is 171. The van der Waals surface area contributed by atoms with Crippen LogP contribution in [-0.4, -0.2) is 12.6 Å². The van der Waals surface area contributed by atoms with Gasteiger partial charge in [0.05, 0.1) is 6.61 Å². The van der Waals surface area contributed by atoms with Crippen LogP contribution in [0.4, 0.5) is 0 Å². The highest BCUT2D eigenvalue weighted by atomic mass is 16.5. The maximum absolute atomic E-state index is 10.4. The molecular formula is C12H22O2. The molecule has 0 saturated carbocycles. The summed E-state index contributed by atoms with van der Waals surface area (Å²) in [5.41, 5.74) is 0. The van der Waals surface area contributed by atoms with Gasteiger partial charge in [0.1, 0.15) is 0 Å². The average Bonchev–Trinajstić information content (AvgIpc) is 2.08. The molecule has 0 heterocycles. The number of hydrogen-bond donors (Lipinski definition) is 0. The van der Waals surface area contributed by atoms with Gasteiger partial charge < -0.3 is 4.74 Å². The van der Waals surface area contributed by atoms with E-state index >= 15 is 0 Å². The molecule has 0 N–H and O–H groups in total. The first kappa shape index (κ1) is 13.2. The topological polar surface area (TPSA) is 26.3 Å². The number of carbonyl (C=O) groups excluding carboxylic acids is 1. The molecule has 0 aromatic rings. The Morgan fingerprint density at radius 3 is 2.50 bits per heavy atom. The normalized spacial score (nSPS) is 11.1. The summed E-state index contributed by atoms with van der Waals surface area (Å²) >= 11 is 0. The first-order valence-electron chi connectivity index (χ1n) is 5.41. The lowest BCUT2D eigenvalue weighted by molar-refractivity contribution is -0.140. The maximum atomic E-state index is 10.4. The van der Waals surface area contributed by atoms with E-state index in [-0.39, 0.29) is 5.97 Å². The van der Waals surface area contributed by atoms with Crippen molar-refractivity contribution in [3.05, 3.63) is 12.2 Å². The number of allylic oxidation sites excluding steroid dienone is 1.